The maximum absolute atomic E-state index is 5.48. The molecule has 0 unspecified atom stereocenters. The SMILES string of the molecule is NCc1csc(NCc2ccncc2)n1. The summed E-state index contributed by atoms with van der Waals surface area (Å²) < 4.78 is 0. The minimum atomic E-state index is 0.493. The molecule has 4 nitrogen and oxygen atoms in total. The second-order valence-electron chi connectivity index (χ2n) is 3.06. The fourth-order valence-corrected chi connectivity index (χ4v) is 1.88. The van der Waals surface area contributed by atoms with Gasteiger partial charge in [0.15, 0.2) is 5.13 Å². The monoisotopic (exact) mass is 220 g/mol. The number of nitrogens with zero attached hydrogens (tertiary/aromatic N) is 2. The average Bonchev–Trinajstić information content (AvgIpc) is 2.76. The van der Waals surface area contributed by atoms with Gasteiger partial charge in [-0.05, 0) is 17.7 Å². The molecule has 0 aliphatic rings. The second-order valence-corrected chi connectivity index (χ2v) is 3.92. The molecule has 0 aromatic carbocycles. The fraction of sp³-hybridized carbons (Fsp3) is 0.200. The molecule has 78 valence electrons. The predicted octanol–water partition coefficient (Wildman–Crippen LogP) is 1.61. The molecule has 2 aromatic rings. The van der Waals surface area contributed by atoms with Crippen molar-refractivity contribution < 1.29 is 0 Å². The van der Waals surface area contributed by atoms with E-state index in [1.807, 2.05) is 17.5 Å². The Balaban J connectivity index is 1.93. The Morgan fingerprint density at radius 3 is 2.80 bits per heavy atom. The summed E-state index contributed by atoms with van der Waals surface area (Å²) in [6.07, 6.45) is 3.56. The fourth-order valence-electron chi connectivity index (χ4n) is 1.16. The van der Waals surface area contributed by atoms with Gasteiger partial charge in [-0.15, -0.1) is 11.3 Å². The van der Waals surface area contributed by atoms with Crippen molar-refractivity contribution in [3.05, 3.63) is 41.2 Å². The van der Waals surface area contributed by atoms with Crippen LogP contribution in [0, 0.1) is 0 Å². The van der Waals surface area contributed by atoms with Gasteiger partial charge in [-0.3, -0.25) is 4.98 Å². The molecule has 2 rings (SSSR count). The predicted molar refractivity (Wildman–Crippen MR) is 61.6 cm³/mol. The van der Waals surface area contributed by atoms with Gasteiger partial charge in [-0.25, -0.2) is 4.98 Å². The molecule has 0 radical (unpaired) electrons. The van der Waals surface area contributed by atoms with Crippen LogP contribution in [-0.2, 0) is 13.1 Å². The van der Waals surface area contributed by atoms with Crippen molar-refractivity contribution in [1.29, 1.82) is 0 Å². The van der Waals surface area contributed by atoms with E-state index in [0.29, 0.717) is 6.54 Å². The quantitative estimate of drug-likeness (QED) is 0.821. The van der Waals surface area contributed by atoms with Crippen molar-refractivity contribution in [2.24, 2.45) is 5.73 Å². The highest BCUT2D eigenvalue weighted by Gasteiger charge is 1.99. The zero-order valence-corrected chi connectivity index (χ0v) is 9.00. The Morgan fingerprint density at radius 2 is 2.13 bits per heavy atom. The van der Waals surface area contributed by atoms with Crippen LogP contribution in [0.15, 0.2) is 29.9 Å². The first-order valence-electron chi connectivity index (χ1n) is 4.66. The maximum Gasteiger partial charge on any atom is 0.183 e. The summed E-state index contributed by atoms with van der Waals surface area (Å²) in [7, 11) is 0. The summed E-state index contributed by atoms with van der Waals surface area (Å²) in [6.45, 7) is 1.26. The van der Waals surface area contributed by atoms with Gasteiger partial charge in [0.25, 0.3) is 0 Å². The lowest BCUT2D eigenvalue weighted by atomic mass is 10.3. The highest BCUT2D eigenvalue weighted by molar-refractivity contribution is 7.13. The number of anilines is 1. The lowest BCUT2D eigenvalue weighted by molar-refractivity contribution is 1.00. The molecule has 0 saturated carbocycles. The summed E-state index contributed by atoms with van der Waals surface area (Å²) in [4.78, 5) is 8.27. The third-order valence-electron chi connectivity index (χ3n) is 1.95. The third-order valence-corrected chi connectivity index (χ3v) is 2.80. The summed E-state index contributed by atoms with van der Waals surface area (Å²) in [5, 5.41) is 6.12. The van der Waals surface area contributed by atoms with Gasteiger partial charge in [0, 0.05) is 30.9 Å². The highest BCUT2D eigenvalue weighted by atomic mass is 32.1. The van der Waals surface area contributed by atoms with Gasteiger partial charge >= 0.3 is 0 Å². The van der Waals surface area contributed by atoms with Crippen LogP contribution in [0.3, 0.4) is 0 Å². The summed E-state index contributed by atoms with van der Waals surface area (Å²) in [5.74, 6) is 0. The van der Waals surface area contributed by atoms with Crippen LogP contribution in [0.1, 0.15) is 11.3 Å². The first kappa shape index (κ1) is 10.1. The molecule has 0 spiro atoms. The van der Waals surface area contributed by atoms with E-state index in [-0.39, 0.29) is 0 Å². The van der Waals surface area contributed by atoms with E-state index in [1.54, 1.807) is 23.7 Å². The molecular weight excluding hydrogens is 208 g/mol. The van der Waals surface area contributed by atoms with Crippen molar-refractivity contribution in [3.63, 3.8) is 0 Å². The molecule has 0 aliphatic heterocycles. The molecule has 2 aromatic heterocycles. The number of pyridine rings is 1. The summed E-state index contributed by atoms with van der Waals surface area (Å²) >= 11 is 1.58. The van der Waals surface area contributed by atoms with E-state index in [1.165, 1.54) is 5.56 Å². The first-order valence-corrected chi connectivity index (χ1v) is 5.53. The van der Waals surface area contributed by atoms with Crippen molar-refractivity contribution in [1.82, 2.24) is 9.97 Å². The van der Waals surface area contributed by atoms with Crippen molar-refractivity contribution in [2.45, 2.75) is 13.1 Å². The molecule has 0 fully saturated rings. The lowest BCUT2D eigenvalue weighted by Crippen LogP contribution is -2.00. The average molecular weight is 220 g/mol. The van der Waals surface area contributed by atoms with E-state index in [9.17, 15) is 0 Å². The van der Waals surface area contributed by atoms with Crippen LogP contribution >= 0.6 is 11.3 Å². The molecule has 0 bridgehead atoms. The number of nitrogens with one attached hydrogen (secondary N) is 1. The Morgan fingerprint density at radius 1 is 1.33 bits per heavy atom. The van der Waals surface area contributed by atoms with E-state index in [2.05, 4.69) is 15.3 Å². The van der Waals surface area contributed by atoms with Crippen LogP contribution in [0.2, 0.25) is 0 Å². The van der Waals surface area contributed by atoms with Crippen LogP contribution in [0.5, 0.6) is 0 Å². The number of thiazole rings is 1. The minimum absolute atomic E-state index is 0.493. The molecule has 15 heavy (non-hydrogen) atoms. The van der Waals surface area contributed by atoms with Crippen LogP contribution in [0.4, 0.5) is 5.13 Å². The number of hydrogen-bond donors (Lipinski definition) is 2. The molecule has 5 heteroatoms. The maximum atomic E-state index is 5.48. The third kappa shape index (κ3) is 2.74. The van der Waals surface area contributed by atoms with E-state index < -0.39 is 0 Å². The molecule has 0 aliphatic carbocycles. The van der Waals surface area contributed by atoms with Crippen molar-refractivity contribution in [3.8, 4) is 0 Å². The normalized spacial score (nSPS) is 10.2. The topological polar surface area (TPSA) is 63.8 Å². The largest absolute Gasteiger partial charge is 0.357 e. The van der Waals surface area contributed by atoms with Gasteiger partial charge in [0.05, 0.1) is 5.69 Å². The van der Waals surface area contributed by atoms with E-state index in [4.69, 9.17) is 5.73 Å². The van der Waals surface area contributed by atoms with E-state index >= 15 is 0 Å². The molecule has 0 atom stereocenters. The molecule has 0 saturated heterocycles. The van der Waals surface area contributed by atoms with Crippen molar-refractivity contribution >= 4 is 16.5 Å². The molecule has 2 heterocycles. The highest BCUT2D eigenvalue weighted by Crippen LogP contribution is 2.15. The molecule has 3 N–H and O–H groups in total. The van der Waals surface area contributed by atoms with Crippen LogP contribution < -0.4 is 11.1 Å². The van der Waals surface area contributed by atoms with Gasteiger partial charge < -0.3 is 11.1 Å². The summed E-state index contributed by atoms with van der Waals surface area (Å²) in [5.41, 5.74) is 7.60. The number of hydrogen-bond acceptors (Lipinski definition) is 5. The zero-order chi connectivity index (χ0) is 10.5. The minimum Gasteiger partial charge on any atom is -0.357 e. The Labute approximate surface area is 92.2 Å². The van der Waals surface area contributed by atoms with Gasteiger partial charge in [0.1, 0.15) is 0 Å². The number of aromatic nitrogens is 2. The first-order chi connectivity index (χ1) is 7.38. The van der Waals surface area contributed by atoms with Gasteiger partial charge in [-0.2, -0.15) is 0 Å². The Bertz CT molecular complexity index is 412. The van der Waals surface area contributed by atoms with E-state index in [0.717, 1.165) is 17.4 Å². The second kappa shape index (κ2) is 4.86. The van der Waals surface area contributed by atoms with Gasteiger partial charge in [-0.1, -0.05) is 0 Å². The standard InChI is InChI=1S/C10H12N4S/c11-5-9-7-15-10(14-9)13-6-8-1-3-12-4-2-8/h1-4,7H,5-6,11H2,(H,13,14). The lowest BCUT2D eigenvalue weighted by Gasteiger charge is -2.01. The zero-order valence-electron chi connectivity index (χ0n) is 8.18. The molecule has 0 amide bonds. The number of nitrogens with two attached hydrogens (primary N) is 1. The molecular formula is C10H12N4S. The van der Waals surface area contributed by atoms with Crippen LogP contribution in [-0.4, -0.2) is 9.97 Å². The van der Waals surface area contributed by atoms with Crippen molar-refractivity contribution in [2.75, 3.05) is 5.32 Å². The number of rotatable bonds is 4. The summed E-state index contributed by atoms with van der Waals surface area (Å²) in [6, 6.07) is 3.95. The smallest absolute Gasteiger partial charge is 0.183 e. The van der Waals surface area contributed by atoms with Crippen LogP contribution in [0.25, 0.3) is 0 Å². The Hall–Kier alpha value is -1.46. The van der Waals surface area contributed by atoms with Gasteiger partial charge in [0.2, 0.25) is 0 Å². The Kier molecular flexibility index (Phi) is 3.26.